The van der Waals surface area contributed by atoms with Crippen molar-refractivity contribution in [3.63, 3.8) is 0 Å². The van der Waals surface area contributed by atoms with Crippen molar-refractivity contribution >= 4 is 33.1 Å². The summed E-state index contributed by atoms with van der Waals surface area (Å²) in [5.74, 6) is -0.298. The lowest BCUT2D eigenvalue weighted by Gasteiger charge is -1.95. The number of carbonyl (C=O) groups is 1. The van der Waals surface area contributed by atoms with Gasteiger partial charge in [0.1, 0.15) is 0 Å². The van der Waals surface area contributed by atoms with Gasteiger partial charge in [0, 0.05) is 10.7 Å². The van der Waals surface area contributed by atoms with Gasteiger partial charge >= 0.3 is 5.97 Å². The Hall–Kier alpha value is -1.43. The fraction of sp³-hybridized carbons (Fsp3) is 0.222. The van der Waals surface area contributed by atoms with E-state index in [2.05, 4.69) is 30.9 Å². The predicted octanol–water partition coefficient (Wildman–Crippen LogP) is 1.90. The maximum Gasteiger partial charge on any atom is 0.374 e. The van der Waals surface area contributed by atoms with Crippen LogP contribution in [0.2, 0.25) is 0 Å². The third-order valence-corrected chi connectivity index (χ3v) is 2.47. The van der Waals surface area contributed by atoms with Gasteiger partial charge in [0.05, 0.1) is 12.1 Å². The highest BCUT2D eigenvalue weighted by atomic mass is 79.9. The Bertz CT molecular complexity index is 509. The highest BCUT2D eigenvalue weighted by Gasteiger charge is 2.13. The second-order valence-corrected chi connectivity index (χ2v) is 3.65. The molecule has 2 aromatic heterocycles. The van der Waals surface area contributed by atoms with E-state index in [1.54, 1.807) is 19.2 Å². The van der Waals surface area contributed by atoms with E-state index >= 15 is 0 Å². The minimum absolute atomic E-state index is 0.172. The lowest BCUT2D eigenvalue weighted by molar-refractivity contribution is 0.0513. The summed E-state index contributed by atoms with van der Waals surface area (Å²) >= 11 is 3.33. The number of esters is 1. The van der Waals surface area contributed by atoms with E-state index in [4.69, 9.17) is 4.74 Å². The summed E-state index contributed by atoms with van der Waals surface area (Å²) in [7, 11) is 0. The number of aromatic amines is 1. The molecule has 0 radical (unpaired) electrons. The first-order chi connectivity index (χ1) is 7.22. The van der Waals surface area contributed by atoms with E-state index in [1.165, 1.54) is 0 Å². The normalized spacial score (nSPS) is 10.5. The first-order valence-corrected chi connectivity index (χ1v) is 5.19. The third-order valence-electron chi connectivity index (χ3n) is 1.81. The molecule has 2 aromatic rings. The molecular weight excluding hydrogens is 262 g/mol. The summed E-state index contributed by atoms with van der Waals surface area (Å²) in [6.45, 7) is 2.07. The molecule has 15 heavy (non-hydrogen) atoms. The number of H-pyrrole nitrogens is 1. The molecule has 0 aromatic carbocycles. The van der Waals surface area contributed by atoms with Crippen LogP contribution in [0.3, 0.4) is 0 Å². The quantitative estimate of drug-likeness (QED) is 0.846. The lowest BCUT2D eigenvalue weighted by Crippen LogP contribution is -2.06. The van der Waals surface area contributed by atoms with Gasteiger partial charge in [-0.15, -0.1) is 0 Å². The minimum Gasteiger partial charge on any atom is -0.460 e. The number of hydrogen-bond donors (Lipinski definition) is 1. The Morgan fingerprint density at radius 1 is 1.67 bits per heavy atom. The molecule has 0 saturated carbocycles. The number of nitrogens with zero attached hydrogens (tertiary/aromatic N) is 2. The third kappa shape index (κ3) is 1.85. The molecule has 2 rings (SSSR count). The maximum absolute atomic E-state index is 11.4. The SMILES string of the molecule is CCOC(=O)c1nc2nccc(Br)c2[nH]1. The van der Waals surface area contributed by atoms with Crippen molar-refractivity contribution < 1.29 is 9.53 Å². The molecular formula is C9H8BrN3O2. The predicted molar refractivity (Wildman–Crippen MR) is 57.5 cm³/mol. The van der Waals surface area contributed by atoms with E-state index in [0.717, 1.165) is 4.47 Å². The van der Waals surface area contributed by atoms with Crippen LogP contribution < -0.4 is 0 Å². The zero-order valence-corrected chi connectivity index (χ0v) is 9.54. The van der Waals surface area contributed by atoms with Crippen LogP contribution in [0.15, 0.2) is 16.7 Å². The summed E-state index contributed by atoms with van der Waals surface area (Å²) < 4.78 is 5.64. The van der Waals surface area contributed by atoms with Gasteiger partial charge in [0.2, 0.25) is 5.82 Å². The molecule has 0 aliphatic carbocycles. The highest BCUT2D eigenvalue weighted by Crippen LogP contribution is 2.19. The smallest absolute Gasteiger partial charge is 0.374 e. The van der Waals surface area contributed by atoms with Crippen LogP contribution in [0.25, 0.3) is 11.2 Å². The number of ether oxygens (including phenoxy) is 1. The standard InChI is InChI=1S/C9H8BrN3O2/c1-2-15-9(14)8-12-6-5(10)3-4-11-7(6)13-8/h3-4H,2H2,1H3,(H,11,12,13). The molecule has 0 fully saturated rings. The fourth-order valence-electron chi connectivity index (χ4n) is 1.18. The molecule has 0 aliphatic heterocycles. The Balaban J connectivity index is 2.47. The topological polar surface area (TPSA) is 67.9 Å². The molecule has 0 unspecified atom stereocenters. The van der Waals surface area contributed by atoms with Crippen LogP contribution in [0.5, 0.6) is 0 Å². The molecule has 0 atom stereocenters. The van der Waals surface area contributed by atoms with Crippen LogP contribution in [0, 0.1) is 0 Å². The molecule has 0 saturated heterocycles. The average molecular weight is 270 g/mol. The Labute approximate surface area is 94.0 Å². The number of aromatic nitrogens is 3. The van der Waals surface area contributed by atoms with Crippen molar-refractivity contribution in [1.29, 1.82) is 0 Å². The van der Waals surface area contributed by atoms with Crippen LogP contribution in [-0.4, -0.2) is 27.5 Å². The van der Waals surface area contributed by atoms with Gasteiger partial charge in [-0.3, -0.25) is 0 Å². The van der Waals surface area contributed by atoms with Crippen LogP contribution in [0.1, 0.15) is 17.5 Å². The number of carbonyl (C=O) groups excluding carboxylic acids is 1. The van der Waals surface area contributed by atoms with Gasteiger partial charge < -0.3 is 9.72 Å². The van der Waals surface area contributed by atoms with Crippen LogP contribution in [-0.2, 0) is 4.74 Å². The zero-order valence-electron chi connectivity index (χ0n) is 7.95. The lowest BCUT2D eigenvalue weighted by atomic mass is 10.4. The monoisotopic (exact) mass is 269 g/mol. The number of pyridine rings is 1. The number of nitrogens with one attached hydrogen (secondary N) is 1. The molecule has 5 nitrogen and oxygen atoms in total. The summed E-state index contributed by atoms with van der Waals surface area (Å²) in [4.78, 5) is 22.3. The number of fused-ring (bicyclic) bond motifs is 1. The number of hydrogen-bond acceptors (Lipinski definition) is 4. The Morgan fingerprint density at radius 3 is 3.13 bits per heavy atom. The zero-order chi connectivity index (χ0) is 10.8. The Morgan fingerprint density at radius 2 is 2.47 bits per heavy atom. The maximum atomic E-state index is 11.4. The fourth-order valence-corrected chi connectivity index (χ4v) is 1.57. The van der Waals surface area contributed by atoms with Crippen molar-refractivity contribution in [1.82, 2.24) is 15.0 Å². The molecule has 0 bridgehead atoms. The minimum atomic E-state index is -0.470. The van der Waals surface area contributed by atoms with Crippen molar-refractivity contribution in [2.75, 3.05) is 6.61 Å². The second-order valence-electron chi connectivity index (χ2n) is 2.80. The van der Waals surface area contributed by atoms with E-state index in [0.29, 0.717) is 17.8 Å². The second kappa shape index (κ2) is 3.98. The van der Waals surface area contributed by atoms with Crippen LogP contribution >= 0.6 is 15.9 Å². The summed E-state index contributed by atoms with van der Waals surface area (Å²) in [6.07, 6.45) is 1.61. The van der Waals surface area contributed by atoms with Gasteiger partial charge in [0.15, 0.2) is 5.65 Å². The van der Waals surface area contributed by atoms with E-state index in [9.17, 15) is 4.79 Å². The summed E-state index contributed by atoms with van der Waals surface area (Å²) in [6, 6.07) is 1.77. The molecule has 0 amide bonds. The summed E-state index contributed by atoms with van der Waals surface area (Å²) in [5, 5.41) is 0. The molecule has 0 spiro atoms. The molecule has 78 valence electrons. The van der Waals surface area contributed by atoms with Crippen molar-refractivity contribution in [2.24, 2.45) is 0 Å². The number of halogens is 1. The first-order valence-electron chi connectivity index (χ1n) is 4.39. The van der Waals surface area contributed by atoms with Crippen LogP contribution in [0.4, 0.5) is 0 Å². The molecule has 1 N–H and O–H groups in total. The van der Waals surface area contributed by atoms with Gasteiger partial charge in [-0.1, -0.05) is 0 Å². The summed E-state index contributed by atoms with van der Waals surface area (Å²) in [5.41, 5.74) is 1.19. The van der Waals surface area contributed by atoms with Gasteiger partial charge in [-0.05, 0) is 28.9 Å². The molecule has 6 heteroatoms. The van der Waals surface area contributed by atoms with Gasteiger partial charge in [0.25, 0.3) is 0 Å². The van der Waals surface area contributed by atoms with E-state index in [-0.39, 0.29) is 5.82 Å². The van der Waals surface area contributed by atoms with Crippen molar-refractivity contribution in [3.8, 4) is 0 Å². The average Bonchev–Trinajstić information content (AvgIpc) is 2.63. The molecule has 2 heterocycles. The number of rotatable bonds is 2. The van der Waals surface area contributed by atoms with Crippen molar-refractivity contribution in [2.45, 2.75) is 6.92 Å². The van der Waals surface area contributed by atoms with Gasteiger partial charge in [-0.25, -0.2) is 14.8 Å². The largest absolute Gasteiger partial charge is 0.460 e. The van der Waals surface area contributed by atoms with Crippen molar-refractivity contribution in [3.05, 3.63) is 22.6 Å². The van der Waals surface area contributed by atoms with Gasteiger partial charge in [-0.2, -0.15) is 0 Å². The highest BCUT2D eigenvalue weighted by molar-refractivity contribution is 9.10. The number of imidazole rings is 1. The first kappa shape index (κ1) is 10.1. The Kier molecular flexibility index (Phi) is 2.68. The molecule has 0 aliphatic rings. The van der Waals surface area contributed by atoms with E-state index < -0.39 is 5.97 Å². The van der Waals surface area contributed by atoms with E-state index in [1.807, 2.05) is 0 Å².